The van der Waals surface area contributed by atoms with Crippen LogP contribution in [0.3, 0.4) is 0 Å². The van der Waals surface area contributed by atoms with Gasteiger partial charge in [-0.05, 0) is 30.2 Å². The molecule has 0 radical (unpaired) electrons. The van der Waals surface area contributed by atoms with Crippen LogP contribution in [-0.4, -0.2) is 54.3 Å². The van der Waals surface area contributed by atoms with E-state index in [0.717, 1.165) is 11.1 Å². The summed E-state index contributed by atoms with van der Waals surface area (Å²) in [5.74, 6) is -0.271. The lowest BCUT2D eigenvalue weighted by atomic mass is 10.1. The van der Waals surface area contributed by atoms with Gasteiger partial charge in [-0.1, -0.05) is 42.0 Å². The van der Waals surface area contributed by atoms with Crippen LogP contribution in [0.1, 0.15) is 16.7 Å². The summed E-state index contributed by atoms with van der Waals surface area (Å²) in [5, 5.41) is 2.95. The van der Waals surface area contributed by atoms with E-state index >= 15 is 0 Å². The number of carbonyl (C=O) groups is 2. The van der Waals surface area contributed by atoms with E-state index < -0.39 is 0 Å². The van der Waals surface area contributed by atoms with Crippen LogP contribution >= 0.6 is 0 Å². The fourth-order valence-corrected chi connectivity index (χ4v) is 3.21. The first-order chi connectivity index (χ1) is 13.5. The summed E-state index contributed by atoms with van der Waals surface area (Å²) in [6, 6.07) is 14.1. The molecule has 1 aliphatic heterocycles. The molecule has 0 aliphatic carbocycles. The average molecular weight is 383 g/mol. The molecule has 148 valence electrons. The average Bonchev–Trinajstić information content (AvgIpc) is 2.70. The lowest BCUT2D eigenvalue weighted by molar-refractivity contribution is -0.132. The van der Waals surface area contributed by atoms with Gasteiger partial charge < -0.3 is 10.2 Å². The van der Waals surface area contributed by atoms with Crippen LogP contribution in [0.5, 0.6) is 0 Å². The van der Waals surface area contributed by atoms with Crippen molar-refractivity contribution in [2.24, 2.45) is 0 Å². The molecule has 2 aromatic carbocycles. The van der Waals surface area contributed by atoms with Gasteiger partial charge in [0, 0.05) is 32.7 Å². The van der Waals surface area contributed by atoms with Crippen molar-refractivity contribution in [2.75, 3.05) is 32.7 Å². The number of piperazine rings is 1. The van der Waals surface area contributed by atoms with E-state index in [9.17, 15) is 14.0 Å². The molecule has 1 fully saturated rings. The van der Waals surface area contributed by atoms with E-state index in [0.29, 0.717) is 39.3 Å². The van der Waals surface area contributed by atoms with E-state index in [1.165, 1.54) is 17.7 Å². The molecule has 1 saturated heterocycles. The lowest BCUT2D eigenvalue weighted by Crippen LogP contribution is -2.51. The Labute approximate surface area is 165 Å². The Balaban J connectivity index is 1.38. The molecule has 0 saturated carbocycles. The molecule has 0 unspecified atom stereocenters. The molecule has 0 atom stereocenters. The number of benzene rings is 2. The van der Waals surface area contributed by atoms with Gasteiger partial charge >= 0.3 is 0 Å². The minimum atomic E-state index is -0.300. The highest BCUT2D eigenvalue weighted by Crippen LogP contribution is 2.08. The molecule has 0 aromatic heterocycles. The Kier molecular flexibility index (Phi) is 6.76. The minimum absolute atomic E-state index is 0.00772. The summed E-state index contributed by atoms with van der Waals surface area (Å²) in [5.41, 5.74) is 3.08. The van der Waals surface area contributed by atoms with Crippen molar-refractivity contribution in [2.45, 2.75) is 19.9 Å². The number of amides is 2. The second-order valence-electron chi connectivity index (χ2n) is 7.22. The molecule has 0 spiro atoms. The molecule has 1 aliphatic rings. The van der Waals surface area contributed by atoms with Crippen molar-refractivity contribution in [1.82, 2.24) is 15.1 Å². The second-order valence-corrected chi connectivity index (χ2v) is 7.22. The van der Waals surface area contributed by atoms with Gasteiger partial charge in [0.15, 0.2) is 0 Å². The van der Waals surface area contributed by atoms with Crippen LogP contribution in [0.4, 0.5) is 4.39 Å². The number of carbonyl (C=O) groups excluding carboxylic acids is 2. The maximum atomic E-state index is 13.0. The van der Waals surface area contributed by atoms with E-state index in [1.54, 1.807) is 12.1 Å². The standard InChI is InChI=1S/C22H26FN3O2/c1-17-2-4-19(5-3-17)15-24-21(27)16-25-10-12-26(13-11-25)22(28)14-18-6-8-20(23)9-7-18/h2-9H,10-16H2,1H3,(H,24,27). The first-order valence-electron chi connectivity index (χ1n) is 9.56. The van der Waals surface area contributed by atoms with Gasteiger partial charge in [0.05, 0.1) is 13.0 Å². The van der Waals surface area contributed by atoms with Gasteiger partial charge in [-0.15, -0.1) is 0 Å². The molecule has 3 rings (SSSR count). The molecule has 2 amide bonds. The predicted octanol–water partition coefficient (Wildman–Crippen LogP) is 2.14. The molecule has 28 heavy (non-hydrogen) atoms. The Morgan fingerprint density at radius 3 is 2.18 bits per heavy atom. The van der Waals surface area contributed by atoms with Gasteiger partial charge in [-0.2, -0.15) is 0 Å². The predicted molar refractivity (Wildman–Crippen MR) is 106 cm³/mol. The summed E-state index contributed by atoms with van der Waals surface area (Å²) >= 11 is 0. The van der Waals surface area contributed by atoms with Gasteiger partial charge in [0.1, 0.15) is 5.82 Å². The Morgan fingerprint density at radius 1 is 0.929 bits per heavy atom. The number of rotatable bonds is 6. The van der Waals surface area contributed by atoms with Crippen LogP contribution in [0.15, 0.2) is 48.5 Å². The van der Waals surface area contributed by atoms with E-state index in [1.807, 2.05) is 36.1 Å². The second kappa shape index (κ2) is 9.46. The van der Waals surface area contributed by atoms with Crippen molar-refractivity contribution >= 4 is 11.8 Å². The summed E-state index contributed by atoms with van der Waals surface area (Å²) in [4.78, 5) is 28.4. The van der Waals surface area contributed by atoms with Crippen LogP contribution in [0.25, 0.3) is 0 Å². The maximum absolute atomic E-state index is 13.0. The minimum Gasteiger partial charge on any atom is -0.351 e. The SMILES string of the molecule is Cc1ccc(CNC(=O)CN2CCN(C(=O)Cc3ccc(F)cc3)CC2)cc1. The number of nitrogens with one attached hydrogen (secondary N) is 1. The summed E-state index contributed by atoms with van der Waals surface area (Å²) < 4.78 is 13.0. The molecular formula is C22H26FN3O2. The smallest absolute Gasteiger partial charge is 0.234 e. The van der Waals surface area contributed by atoms with Crippen LogP contribution in [0, 0.1) is 12.7 Å². The lowest BCUT2D eigenvalue weighted by Gasteiger charge is -2.34. The first kappa shape index (κ1) is 20.0. The van der Waals surface area contributed by atoms with Gasteiger partial charge in [-0.3, -0.25) is 14.5 Å². The maximum Gasteiger partial charge on any atom is 0.234 e. The molecule has 5 nitrogen and oxygen atoms in total. The summed E-state index contributed by atoms with van der Waals surface area (Å²) in [6.45, 7) is 5.45. The third-order valence-corrected chi connectivity index (χ3v) is 4.97. The summed E-state index contributed by atoms with van der Waals surface area (Å²) in [6.07, 6.45) is 0.275. The molecule has 1 N–H and O–H groups in total. The molecule has 6 heteroatoms. The zero-order valence-electron chi connectivity index (χ0n) is 16.2. The number of nitrogens with zero attached hydrogens (tertiary/aromatic N) is 2. The Bertz CT molecular complexity index is 798. The van der Waals surface area contributed by atoms with Crippen LogP contribution in [-0.2, 0) is 22.6 Å². The zero-order chi connectivity index (χ0) is 19.9. The zero-order valence-corrected chi connectivity index (χ0v) is 16.2. The molecular weight excluding hydrogens is 357 g/mol. The third kappa shape index (κ3) is 5.89. The number of hydrogen-bond donors (Lipinski definition) is 1. The fourth-order valence-electron chi connectivity index (χ4n) is 3.21. The van der Waals surface area contributed by atoms with Crippen molar-refractivity contribution in [3.63, 3.8) is 0 Å². The topological polar surface area (TPSA) is 52.7 Å². The van der Waals surface area contributed by atoms with E-state index in [4.69, 9.17) is 0 Å². The van der Waals surface area contributed by atoms with Crippen molar-refractivity contribution < 1.29 is 14.0 Å². The third-order valence-electron chi connectivity index (χ3n) is 4.97. The highest BCUT2D eigenvalue weighted by molar-refractivity contribution is 5.79. The van der Waals surface area contributed by atoms with Gasteiger partial charge in [0.25, 0.3) is 0 Å². The summed E-state index contributed by atoms with van der Waals surface area (Å²) in [7, 11) is 0. The first-order valence-corrected chi connectivity index (χ1v) is 9.56. The number of aryl methyl sites for hydroxylation is 1. The highest BCUT2D eigenvalue weighted by atomic mass is 19.1. The Morgan fingerprint density at radius 2 is 1.54 bits per heavy atom. The molecule has 0 bridgehead atoms. The van der Waals surface area contributed by atoms with E-state index in [2.05, 4.69) is 10.2 Å². The van der Waals surface area contributed by atoms with Gasteiger partial charge in [-0.25, -0.2) is 4.39 Å². The molecule has 2 aromatic rings. The van der Waals surface area contributed by atoms with Crippen molar-refractivity contribution in [1.29, 1.82) is 0 Å². The van der Waals surface area contributed by atoms with Crippen LogP contribution < -0.4 is 5.32 Å². The van der Waals surface area contributed by atoms with Crippen LogP contribution in [0.2, 0.25) is 0 Å². The largest absolute Gasteiger partial charge is 0.351 e. The molecule has 1 heterocycles. The highest BCUT2D eigenvalue weighted by Gasteiger charge is 2.22. The number of hydrogen-bond acceptors (Lipinski definition) is 3. The Hall–Kier alpha value is -2.73. The monoisotopic (exact) mass is 383 g/mol. The van der Waals surface area contributed by atoms with E-state index in [-0.39, 0.29) is 24.1 Å². The van der Waals surface area contributed by atoms with Gasteiger partial charge in [0.2, 0.25) is 11.8 Å². The fraction of sp³-hybridized carbons (Fsp3) is 0.364. The number of halogens is 1. The van der Waals surface area contributed by atoms with Crippen molar-refractivity contribution in [3.05, 3.63) is 71.0 Å². The quantitative estimate of drug-likeness (QED) is 0.832. The normalized spacial score (nSPS) is 14.7. The van der Waals surface area contributed by atoms with Crippen molar-refractivity contribution in [3.8, 4) is 0 Å².